The minimum atomic E-state index is -0.187. The van der Waals surface area contributed by atoms with Crippen molar-refractivity contribution >= 4 is 5.78 Å². The highest BCUT2D eigenvalue weighted by atomic mass is 16.3. The Bertz CT molecular complexity index is 98.6. The van der Waals surface area contributed by atoms with Gasteiger partial charge in [0.1, 0.15) is 0 Å². The Labute approximate surface area is 42.5 Å². The van der Waals surface area contributed by atoms with E-state index in [1.807, 2.05) is 0 Å². The molecule has 0 aromatic rings. The van der Waals surface area contributed by atoms with Crippen LogP contribution in [0.2, 0.25) is 0 Å². The molecule has 0 heterocycles. The first-order valence-corrected chi connectivity index (χ1v) is 1.99. The number of carbonyl (C=O) groups excluding carboxylic acids is 1. The van der Waals surface area contributed by atoms with Crippen LogP contribution in [-0.2, 0) is 9.90 Å². The van der Waals surface area contributed by atoms with Gasteiger partial charge < -0.3 is 0 Å². The minimum Gasteiger partial charge on any atom is -0.295 e. The first-order valence-electron chi connectivity index (χ1n) is 1.99. The SMILES string of the molecule is CC(=O)/C=C(\C)[O]. The zero-order valence-electron chi connectivity index (χ0n) is 4.39. The van der Waals surface area contributed by atoms with Crippen LogP contribution in [0, 0.1) is 0 Å². The Morgan fingerprint density at radius 1 is 1.43 bits per heavy atom. The molecule has 0 aromatic carbocycles. The minimum absolute atomic E-state index is 0.187. The van der Waals surface area contributed by atoms with Gasteiger partial charge in [0.25, 0.3) is 0 Å². The predicted octanol–water partition coefficient (Wildman–Crippen LogP) is 0.910. The van der Waals surface area contributed by atoms with E-state index < -0.39 is 0 Å². The van der Waals surface area contributed by atoms with Crippen molar-refractivity contribution in [3.05, 3.63) is 11.8 Å². The third kappa shape index (κ3) is 5.21. The molecular weight excluding hydrogens is 92.1 g/mol. The number of carbonyl (C=O) groups is 1. The summed E-state index contributed by atoms with van der Waals surface area (Å²) < 4.78 is 0. The number of allylic oxidation sites excluding steroid dienone is 2. The van der Waals surface area contributed by atoms with E-state index in [0.717, 1.165) is 6.08 Å². The standard InChI is InChI=1S/C5H7O2/c1-4(6)3-5(2)7/h3H,1-2H3/b4-3+. The van der Waals surface area contributed by atoms with Crippen molar-refractivity contribution < 1.29 is 9.90 Å². The van der Waals surface area contributed by atoms with E-state index in [4.69, 9.17) is 0 Å². The normalized spacial score (nSPS) is 11.4. The zero-order chi connectivity index (χ0) is 5.86. The molecule has 0 amide bonds. The van der Waals surface area contributed by atoms with Crippen LogP contribution in [0.1, 0.15) is 13.8 Å². The summed E-state index contributed by atoms with van der Waals surface area (Å²) in [6.07, 6.45) is 1.06. The van der Waals surface area contributed by atoms with E-state index in [-0.39, 0.29) is 11.5 Å². The van der Waals surface area contributed by atoms with E-state index in [0.29, 0.717) is 0 Å². The molecule has 0 saturated heterocycles. The summed E-state index contributed by atoms with van der Waals surface area (Å²) in [5.41, 5.74) is 0. The van der Waals surface area contributed by atoms with E-state index >= 15 is 0 Å². The molecule has 0 aliphatic rings. The van der Waals surface area contributed by atoms with Crippen molar-refractivity contribution in [2.75, 3.05) is 0 Å². The van der Waals surface area contributed by atoms with Crippen molar-refractivity contribution in [2.45, 2.75) is 13.8 Å². The molecule has 0 fully saturated rings. The van der Waals surface area contributed by atoms with Gasteiger partial charge in [0.15, 0.2) is 11.5 Å². The van der Waals surface area contributed by atoms with Crippen molar-refractivity contribution in [1.82, 2.24) is 0 Å². The molecule has 7 heavy (non-hydrogen) atoms. The molecule has 2 heteroatoms. The lowest BCUT2D eigenvalue weighted by Gasteiger charge is -1.75. The van der Waals surface area contributed by atoms with Gasteiger partial charge in [-0.25, -0.2) is 0 Å². The smallest absolute Gasteiger partial charge is 0.156 e. The second-order valence-electron chi connectivity index (χ2n) is 1.37. The van der Waals surface area contributed by atoms with Crippen LogP contribution in [0.4, 0.5) is 0 Å². The van der Waals surface area contributed by atoms with Gasteiger partial charge in [-0.1, -0.05) is 0 Å². The quantitative estimate of drug-likeness (QED) is 0.355. The van der Waals surface area contributed by atoms with Crippen LogP contribution >= 0.6 is 0 Å². The molecule has 0 aliphatic carbocycles. The molecule has 0 unspecified atom stereocenters. The van der Waals surface area contributed by atoms with Crippen molar-refractivity contribution in [2.24, 2.45) is 0 Å². The highest BCUT2D eigenvalue weighted by Crippen LogP contribution is 1.83. The number of rotatable bonds is 1. The highest BCUT2D eigenvalue weighted by molar-refractivity contribution is 5.87. The van der Waals surface area contributed by atoms with Gasteiger partial charge >= 0.3 is 0 Å². The molecule has 1 radical (unpaired) electrons. The molecule has 39 valence electrons. The molecule has 0 atom stereocenters. The van der Waals surface area contributed by atoms with Gasteiger partial charge in [-0.15, -0.1) is 0 Å². The lowest BCUT2D eigenvalue weighted by Crippen LogP contribution is -1.81. The largest absolute Gasteiger partial charge is 0.295 e. The van der Waals surface area contributed by atoms with Gasteiger partial charge in [-0.2, -0.15) is 0 Å². The molecule has 2 nitrogen and oxygen atoms in total. The van der Waals surface area contributed by atoms with Crippen LogP contribution in [0.15, 0.2) is 11.8 Å². The lowest BCUT2D eigenvalue weighted by atomic mass is 10.4. The van der Waals surface area contributed by atoms with Gasteiger partial charge in [0, 0.05) is 6.08 Å². The zero-order valence-corrected chi connectivity index (χ0v) is 4.39. The van der Waals surface area contributed by atoms with Crippen molar-refractivity contribution in [3.63, 3.8) is 0 Å². The van der Waals surface area contributed by atoms with Crippen LogP contribution in [0.3, 0.4) is 0 Å². The summed E-state index contributed by atoms with van der Waals surface area (Å²) in [4.78, 5) is 9.98. The molecule has 0 N–H and O–H groups in total. The maximum absolute atomic E-state index is 9.98. The monoisotopic (exact) mass is 99.0 g/mol. The average Bonchev–Trinajstić information content (AvgIpc) is 1.27. The molecule has 0 aromatic heterocycles. The average molecular weight is 99.1 g/mol. The Kier molecular flexibility index (Phi) is 2.12. The first kappa shape index (κ1) is 6.21. The summed E-state index contributed by atoms with van der Waals surface area (Å²) in [7, 11) is 0. The van der Waals surface area contributed by atoms with E-state index in [1.54, 1.807) is 0 Å². The molecular formula is C5H7O2. The third-order valence-corrected chi connectivity index (χ3v) is 0.407. The van der Waals surface area contributed by atoms with Gasteiger partial charge in [-0.3, -0.25) is 9.90 Å². The van der Waals surface area contributed by atoms with Crippen molar-refractivity contribution in [3.8, 4) is 0 Å². The maximum atomic E-state index is 9.98. The molecule has 0 spiro atoms. The second-order valence-corrected chi connectivity index (χ2v) is 1.37. The summed E-state index contributed by atoms with van der Waals surface area (Å²) in [6.45, 7) is 2.70. The first-order chi connectivity index (χ1) is 3.13. The number of ketones is 1. The fourth-order valence-corrected chi connectivity index (χ4v) is 0.286. The summed E-state index contributed by atoms with van der Waals surface area (Å²) in [5, 5.41) is 9.98. The van der Waals surface area contributed by atoms with E-state index in [2.05, 4.69) is 0 Å². The summed E-state index contributed by atoms with van der Waals surface area (Å²) in [5.74, 6) is -0.375. The maximum Gasteiger partial charge on any atom is 0.156 e. The van der Waals surface area contributed by atoms with E-state index in [1.165, 1.54) is 13.8 Å². The second kappa shape index (κ2) is 2.39. The Balaban J connectivity index is 3.68. The molecule has 0 aliphatic heterocycles. The lowest BCUT2D eigenvalue weighted by molar-refractivity contribution is -0.112. The Morgan fingerprint density at radius 3 is 1.86 bits per heavy atom. The van der Waals surface area contributed by atoms with Gasteiger partial charge in [0.2, 0.25) is 0 Å². The fourth-order valence-electron chi connectivity index (χ4n) is 0.286. The van der Waals surface area contributed by atoms with E-state index in [9.17, 15) is 9.90 Å². The molecule has 0 rings (SSSR count). The topological polar surface area (TPSA) is 37.0 Å². The van der Waals surface area contributed by atoms with Crippen LogP contribution in [-0.4, -0.2) is 5.78 Å². The number of hydrogen-bond acceptors (Lipinski definition) is 1. The molecule has 0 saturated carbocycles. The fraction of sp³-hybridized carbons (Fsp3) is 0.400. The summed E-state index contributed by atoms with van der Waals surface area (Å²) in [6, 6.07) is 0. The van der Waals surface area contributed by atoms with Crippen LogP contribution < -0.4 is 0 Å². The highest BCUT2D eigenvalue weighted by Gasteiger charge is 1.85. The van der Waals surface area contributed by atoms with Gasteiger partial charge in [-0.05, 0) is 13.8 Å². The van der Waals surface area contributed by atoms with Crippen LogP contribution in [0.5, 0.6) is 0 Å². The molecule has 0 bridgehead atoms. The third-order valence-electron chi connectivity index (χ3n) is 0.407. The number of hydrogen-bond donors (Lipinski definition) is 0. The van der Waals surface area contributed by atoms with Crippen LogP contribution in [0.25, 0.3) is 0 Å². The summed E-state index contributed by atoms with van der Waals surface area (Å²) >= 11 is 0. The van der Waals surface area contributed by atoms with Crippen molar-refractivity contribution in [1.29, 1.82) is 0 Å². The van der Waals surface area contributed by atoms with Gasteiger partial charge in [0.05, 0.1) is 0 Å². The predicted molar refractivity (Wildman–Crippen MR) is 25.1 cm³/mol. The Morgan fingerprint density at radius 2 is 1.86 bits per heavy atom. The Hall–Kier alpha value is -0.790.